The van der Waals surface area contributed by atoms with Crippen molar-refractivity contribution in [3.63, 3.8) is 0 Å². The maximum absolute atomic E-state index is 11.4. The quantitative estimate of drug-likeness (QED) is 0.500. The fourth-order valence-electron chi connectivity index (χ4n) is 1.08. The number of ether oxygens (including phenoxy) is 2. The minimum Gasteiger partial charge on any atom is -0.410 e. The average molecular weight is 361 g/mol. The zero-order valence-electron chi connectivity index (χ0n) is 10.0. The van der Waals surface area contributed by atoms with Crippen molar-refractivity contribution >= 4 is 64.2 Å². The number of benzene rings is 1. The van der Waals surface area contributed by atoms with Gasteiger partial charge >= 0.3 is 6.16 Å². The van der Waals surface area contributed by atoms with Crippen LogP contribution in [0.3, 0.4) is 0 Å². The van der Waals surface area contributed by atoms with E-state index in [4.69, 9.17) is 51.1 Å². The lowest BCUT2D eigenvalue weighted by molar-refractivity contribution is -0.114. The Morgan fingerprint density at radius 2 is 1.75 bits per heavy atom. The molecule has 20 heavy (non-hydrogen) atoms. The van der Waals surface area contributed by atoms with E-state index in [0.717, 1.165) is 0 Å². The van der Waals surface area contributed by atoms with Gasteiger partial charge in [0.1, 0.15) is 5.75 Å². The van der Waals surface area contributed by atoms with Gasteiger partial charge in [0.05, 0.1) is 0 Å². The predicted molar refractivity (Wildman–Crippen MR) is 77.8 cm³/mol. The summed E-state index contributed by atoms with van der Waals surface area (Å²) >= 11 is 21.8. The van der Waals surface area contributed by atoms with Crippen LogP contribution in [0, 0.1) is 0 Å². The number of amides is 1. The highest BCUT2D eigenvalue weighted by Gasteiger charge is 2.34. The van der Waals surface area contributed by atoms with E-state index in [1.807, 2.05) is 0 Å². The van der Waals surface area contributed by atoms with Crippen LogP contribution < -0.4 is 10.1 Å². The van der Waals surface area contributed by atoms with Crippen LogP contribution in [0.1, 0.15) is 6.92 Å². The summed E-state index contributed by atoms with van der Waals surface area (Å²) in [6.45, 7) is 1.37. The van der Waals surface area contributed by atoms with Gasteiger partial charge in [-0.2, -0.15) is 0 Å². The topological polar surface area (TPSA) is 64.6 Å². The Labute approximate surface area is 135 Å². The summed E-state index contributed by atoms with van der Waals surface area (Å²) in [5.74, 6) is -0.0389. The van der Waals surface area contributed by atoms with E-state index >= 15 is 0 Å². The normalized spacial score (nSPS) is 12.4. The molecule has 1 amide bonds. The van der Waals surface area contributed by atoms with Crippen molar-refractivity contribution in [3.05, 3.63) is 24.3 Å². The molecule has 0 fully saturated rings. The van der Waals surface area contributed by atoms with Crippen molar-refractivity contribution in [2.24, 2.45) is 0 Å². The molecule has 1 rings (SSSR count). The molecule has 110 valence electrons. The maximum atomic E-state index is 11.4. The minimum absolute atomic E-state index is 0.178. The largest absolute Gasteiger partial charge is 0.515 e. The van der Waals surface area contributed by atoms with Gasteiger partial charge in [0.15, 0.2) is 0 Å². The Morgan fingerprint density at radius 3 is 2.20 bits per heavy atom. The number of halogens is 4. The third-order valence-corrected chi connectivity index (χ3v) is 3.18. The average Bonchev–Trinajstić information content (AvgIpc) is 2.29. The molecule has 0 saturated heterocycles. The van der Waals surface area contributed by atoms with Crippen LogP contribution in [0.4, 0.5) is 10.5 Å². The van der Waals surface area contributed by atoms with E-state index in [1.54, 1.807) is 0 Å². The van der Waals surface area contributed by atoms with Gasteiger partial charge in [-0.15, -0.1) is 0 Å². The molecule has 0 bridgehead atoms. The third-order valence-electron chi connectivity index (χ3n) is 1.83. The number of hydrogen-bond donors (Lipinski definition) is 1. The van der Waals surface area contributed by atoms with E-state index in [9.17, 15) is 9.59 Å². The molecular weight excluding hydrogens is 352 g/mol. The SMILES string of the molecule is CC(=O)Nc1ccc(OC(=O)OC(Cl)C(Cl)(Cl)Cl)cc1. The molecule has 1 unspecified atom stereocenters. The smallest absolute Gasteiger partial charge is 0.410 e. The Balaban J connectivity index is 2.56. The Morgan fingerprint density at radius 1 is 1.20 bits per heavy atom. The molecule has 1 aromatic rings. The second kappa shape index (κ2) is 7.22. The van der Waals surface area contributed by atoms with Crippen LogP contribution in [0.2, 0.25) is 0 Å². The predicted octanol–water partition coefficient (Wildman–Crippen LogP) is 4.10. The number of anilines is 1. The molecule has 0 aliphatic rings. The third kappa shape index (κ3) is 6.05. The van der Waals surface area contributed by atoms with E-state index in [-0.39, 0.29) is 11.7 Å². The van der Waals surface area contributed by atoms with Crippen LogP contribution >= 0.6 is 46.4 Å². The first-order valence-corrected chi connectivity index (χ1v) is 6.72. The molecular formula is C11H9Cl4NO4. The van der Waals surface area contributed by atoms with Crippen molar-refractivity contribution in [2.45, 2.75) is 16.3 Å². The van der Waals surface area contributed by atoms with Gasteiger partial charge in [-0.05, 0) is 24.3 Å². The summed E-state index contributed by atoms with van der Waals surface area (Å²) in [5, 5.41) is 2.55. The van der Waals surface area contributed by atoms with Gasteiger partial charge in [-0.3, -0.25) is 4.79 Å². The van der Waals surface area contributed by atoms with E-state index < -0.39 is 15.5 Å². The number of alkyl halides is 4. The van der Waals surface area contributed by atoms with Crippen LogP contribution in [0.5, 0.6) is 5.75 Å². The van der Waals surface area contributed by atoms with Crippen LogP contribution in [-0.4, -0.2) is 21.4 Å². The van der Waals surface area contributed by atoms with Gasteiger partial charge in [0.2, 0.25) is 15.3 Å². The highest BCUT2D eigenvalue weighted by Crippen LogP contribution is 2.34. The highest BCUT2D eigenvalue weighted by molar-refractivity contribution is 6.70. The highest BCUT2D eigenvalue weighted by atomic mass is 35.6. The number of carbonyl (C=O) groups is 2. The molecule has 0 heterocycles. The Hall–Kier alpha value is -0.880. The number of carbonyl (C=O) groups excluding carboxylic acids is 2. The lowest BCUT2D eigenvalue weighted by Crippen LogP contribution is -2.27. The second-order valence-electron chi connectivity index (χ2n) is 3.53. The Kier molecular flexibility index (Phi) is 6.20. The Bertz CT molecular complexity index is 486. The summed E-state index contributed by atoms with van der Waals surface area (Å²) < 4.78 is 7.40. The zero-order valence-corrected chi connectivity index (χ0v) is 13.1. The molecule has 0 aliphatic heterocycles. The zero-order chi connectivity index (χ0) is 15.3. The first-order chi connectivity index (χ1) is 9.18. The van der Waals surface area contributed by atoms with Gasteiger partial charge in [0, 0.05) is 12.6 Å². The van der Waals surface area contributed by atoms with Crippen molar-refractivity contribution < 1.29 is 19.1 Å². The molecule has 0 saturated carbocycles. The molecule has 5 nitrogen and oxygen atoms in total. The summed E-state index contributed by atoms with van der Waals surface area (Å²) in [4.78, 5) is 22.2. The minimum atomic E-state index is -1.96. The first-order valence-electron chi connectivity index (χ1n) is 5.15. The standard InChI is InChI=1S/C11H9Cl4NO4/c1-6(17)16-7-2-4-8(5-3-7)19-10(18)20-9(12)11(13,14)15/h2-5,9H,1H3,(H,16,17). The van der Waals surface area contributed by atoms with Crippen LogP contribution in [0.15, 0.2) is 24.3 Å². The molecule has 0 radical (unpaired) electrons. The monoisotopic (exact) mass is 359 g/mol. The number of rotatable bonds is 3. The summed E-state index contributed by atoms with van der Waals surface area (Å²) in [6, 6.07) is 5.98. The van der Waals surface area contributed by atoms with Crippen molar-refractivity contribution in [2.75, 3.05) is 5.32 Å². The van der Waals surface area contributed by atoms with Gasteiger partial charge in [-0.25, -0.2) is 4.79 Å². The van der Waals surface area contributed by atoms with E-state index in [1.165, 1.54) is 31.2 Å². The second-order valence-corrected chi connectivity index (χ2v) is 6.30. The van der Waals surface area contributed by atoms with Gasteiger partial charge in [0.25, 0.3) is 0 Å². The summed E-state index contributed by atoms with van der Waals surface area (Å²) in [5.41, 5.74) is -0.937. The summed E-state index contributed by atoms with van der Waals surface area (Å²) in [6.07, 6.45) is -1.12. The van der Waals surface area contributed by atoms with Gasteiger partial charge in [-0.1, -0.05) is 46.4 Å². The fraction of sp³-hybridized carbons (Fsp3) is 0.273. The lowest BCUT2D eigenvalue weighted by Gasteiger charge is -2.17. The molecule has 1 aromatic carbocycles. The molecule has 0 aromatic heterocycles. The van der Waals surface area contributed by atoms with Crippen LogP contribution in [-0.2, 0) is 9.53 Å². The molecule has 1 N–H and O–H groups in total. The lowest BCUT2D eigenvalue weighted by atomic mass is 10.3. The van der Waals surface area contributed by atoms with Crippen LogP contribution in [0.25, 0.3) is 0 Å². The van der Waals surface area contributed by atoms with Crippen molar-refractivity contribution in [3.8, 4) is 5.75 Å². The van der Waals surface area contributed by atoms with E-state index in [2.05, 4.69) is 10.1 Å². The molecule has 1 atom stereocenters. The summed E-state index contributed by atoms with van der Waals surface area (Å²) in [7, 11) is 0. The molecule has 9 heteroatoms. The molecule has 0 spiro atoms. The molecule has 0 aliphatic carbocycles. The maximum Gasteiger partial charge on any atom is 0.515 e. The van der Waals surface area contributed by atoms with Crippen molar-refractivity contribution in [1.82, 2.24) is 0 Å². The number of hydrogen-bond acceptors (Lipinski definition) is 4. The van der Waals surface area contributed by atoms with Crippen molar-refractivity contribution in [1.29, 1.82) is 0 Å². The first kappa shape index (κ1) is 17.2. The number of nitrogens with one attached hydrogen (secondary N) is 1. The fourth-order valence-corrected chi connectivity index (χ4v) is 1.29. The van der Waals surface area contributed by atoms with Gasteiger partial charge < -0.3 is 14.8 Å². The van der Waals surface area contributed by atoms with E-state index in [0.29, 0.717) is 5.69 Å².